The molecule has 3 N–H and O–H groups in total. The van der Waals surface area contributed by atoms with Crippen LogP contribution in [0.25, 0.3) is 0 Å². The van der Waals surface area contributed by atoms with Crippen molar-refractivity contribution < 1.29 is 5.11 Å². The van der Waals surface area contributed by atoms with Crippen LogP contribution in [0.15, 0.2) is 18.2 Å². The molecule has 68 valence electrons. The van der Waals surface area contributed by atoms with E-state index in [0.29, 0.717) is 5.56 Å². The predicted molar refractivity (Wildman–Crippen MR) is 50.0 cm³/mol. The fraction of sp³-hybridized carbons (Fsp3) is 0.300. The predicted octanol–water partition coefficient (Wildman–Crippen LogP) is 1.40. The summed E-state index contributed by atoms with van der Waals surface area (Å²) in [4.78, 5) is 0. The van der Waals surface area contributed by atoms with Crippen LogP contribution < -0.4 is 5.73 Å². The summed E-state index contributed by atoms with van der Waals surface area (Å²) in [5.41, 5.74) is 5.94. The Morgan fingerprint density at radius 1 is 1.54 bits per heavy atom. The lowest BCUT2D eigenvalue weighted by atomic mass is 9.93. The Morgan fingerprint density at radius 2 is 2.15 bits per heavy atom. The van der Waals surface area contributed by atoms with E-state index >= 15 is 0 Å². The van der Waals surface area contributed by atoms with Gasteiger partial charge in [-0.05, 0) is 25.5 Å². The normalized spacial score (nSPS) is 14.6. The molecule has 3 nitrogen and oxygen atoms in total. The maximum absolute atomic E-state index is 9.53. The van der Waals surface area contributed by atoms with Crippen LogP contribution in [0.3, 0.4) is 0 Å². The van der Waals surface area contributed by atoms with E-state index in [4.69, 9.17) is 11.0 Å². The lowest BCUT2D eigenvalue weighted by Crippen LogP contribution is -2.30. The van der Waals surface area contributed by atoms with Gasteiger partial charge in [0.2, 0.25) is 0 Å². The smallest absolute Gasteiger partial charge is 0.130 e. The Balaban J connectivity index is 3.26. The van der Waals surface area contributed by atoms with E-state index in [-0.39, 0.29) is 5.75 Å². The van der Waals surface area contributed by atoms with Crippen LogP contribution in [0.4, 0.5) is 0 Å². The molecule has 0 bridgehead atoms. The molecule has 0 spiro atoms. The zero-order valence-corrected chi connectivity index (χ0v) is 7.70. The monoisotopic (exact) mass is 176 g/mol. The van der Waals surface area contributed by atoms with Crippen molar-refractivity contribution in [3.8, 4) is 11.8 Å². The lowest BCUT2D eigenvalue weighted by molar-refractivity contribution is 0.453. The minimum Gasteiger partial charge on any atom is -0.508 e. The van der Waals surface area contributed by atoms with Crippen LogP contribution in [-0.4, -0.2) is 5.11 Å². The van der Waals surface area contributed by atoms with Crippen molar-refractivity contribution in [1.29, 1.82) is 5.26 Å². The minimum absolute atomic E-state index is 0.0755. The van der Waals surface area contributed by atoms with Crippen LogP contribution in [0.5, 0.6) is 5.75 Å². The van der Waals surface area contributed by atoms with Gasteiger partial charge in [-0.1, -0.05) is 12.1 Å². The van der Waals surface area contributed by atoms with Crippen molar-refractivity contribution >= 4 is 0 Å². The first-order valence-corrected chi connectivity index (χ1v) is 3.97. The fourth-order valence-corrected chi connectivity index (χ4v) is 1.14. The zero-order valence-electron chi connectivity index (χ0n) is 7.70. The number of aryl methyl sites for hydroxylation is 1. The molecule has 0 amide bonds. The van der Waals surface area contributed by atoms with Crippen LogP contribution >= 0.6 is 0 Å². The molecule has 0 heterocycles. The van der Waals surface area contributed by atoms with Gasteiger partial charge >= 0.3 is 0 Å². The number of nitrogens with two attached hydrogens (primary N) is 1. The van der Waals surface area contributed by atoms with Crippen molar-refractivity contribution in [2.45, 2.75) is 19.4 Å². The van der Waals surface area contributed by atoms with Crippen molar-refractivity contribution in [2.75, 3.05) is 0 Å². The van der Waals surface area contributed by atoms with E-state index in [2.05, 4.69) is 0 Å². The highest BCUT2D eigenvalue weighted by molar-refractivity contribution is 5.43. The molecule has 0 radical (unpaired) electrons. The lowest BCUT2D eigenvalue weighted by Gasteiger charge is -2.17. The van der Waals surface area contributed by atoms with Gasteiger partial charge in [-0.2, -0.15) is 5.26 Å². The summed E-state index contributed by atoms with van der Waals surface area (Å²) in [5.74, 6) is 0.0755. The van der Waals surface area contributed by atoms with Gasteiger partial charge in [-0.3, -0.25) is 0 Å². The van der Waals surface area contributed by atoms with E-state index in [0.717, 1.165) is 5.56 Å². The van der Waals surface area contributed by atoms with Crippen molar-refractivity contribution in [1.82, 2.24) is 0 Å². The molecule has 1 rings (SSSR count). The highest BCUT2D eigenvalue weighted by atomic mass is 16.3. The molecule has 3 heteroatoms. The first kappa shape index (κ1) is 9.56. The summed E-state index contributed by atoms with van der Waals surface area (Å²) in [6.45, 7) is 3.43. The van der Waals surface area contributed by atoms with E-state index < -0.39 is 5.54 Å². The van der Waals surface area contributed by atoms with Gasteiger partial charge in [0.25, 0.3) is 0 Å². The minimum atomic E-state index is -1.13. The Morgan fingerprint density at radius 3 is 2.62 bits per heavy atom. The Kier molecular flexibility index (Phi) is 2.26. The third kappa shape index (κ3) is 1.79. The Bertz CT molecular complexity index is 364. The van der Waals surface area contributed by atoms with Crippen molar-refractivity contribution in [3.63, 3.8) is 0 Å². The maximum atomic E-state index is 9.53. The first-order valence-electron chi connectivity index (χ1n) is 3.97. The second kappa shape index (κ2) is 3.08. The summed E-state index contributed by atoms with van der Waals surface area (Å²) in [7, 11) is 0. The summed E-state index contributed by atoms with van der Waals surface area (Å²) in [6, 6.07) is 7.02. The molecule has 1 unspecified atom stereocenters. The zero-order chi connectivity index (χ0) is 10.1. The molecule has 0 aliphatic heterocycles. The number of hydrogen-bond donors (Lipinski definition) is 2. The van der Waals surface area contributed by atoms with Crippen LogP contribution in [-0.2, 0) is 5.54 Å². The van der Waals surface area contributed by atoms with E-state index in [1.54, 1.807) is 19.1 Å². The largest absolute Gasteiger partial charge is 0.508 e. The second-order valence-corrected chi connectivity index (χ2v) is 3.33. The van der Waals surface area contributed by atoms with E-state index in [9.17, 15) is 5.11 Å². The van der Waals surface area contributed by atoms with Crippen LogP contribution in [0, 0.1) is 18.3 Å². The summed E-state index contributed by atoms with van der Waals surface area (Å²) >= 11 is 0. The van der Waals surface area contributed by atoms with E-state index in [1.807, 2.05) is 19.1 Å². The van der Waals surface area contributed by atoms with Gasteiger partial charge < -0.3 is 10.8 Å². The van der Waals surface area contributed by atoms with Crippen LogP contribution in [0.2, 0.25) is 0 Å². The summed E-state index contributed by atoms with van der Waals surface area (Å²) in [6.07, 6.45) is 0. The molecule has 0 fully saturated rings. The number of phenolic OH excluding ortho intramolecular Hbond substituents is 1. The SMILES string of the molecule is Cc1ccc(C(C)(N)C#N)c(O)c1. The molecule has 1 aromatic rings. The first-order chi connectivity index (χ1) is 5.97. The number of benzene rings is 1. The average molecular weight is 176 g/mol. The van der Waals surface area contributed by atoms with Crippen molar-refractivity contribution in [3.05, 3.63) is 29.3 Å². The molecule has 0 aromatic heterocycles. The topological polar surface area (TPSA) is 70.0 Å². The fourth-order valence-electron chi connectivity index (χ4n) is 1.14. The number of hydrogen-bond acceptors (Lipinski definition) is 3. The number of nitriles is 1. The van der Waals surface area contributed by atoms with Gasteiger partial charge in [-0.15, -0.1) is 0 Å². The van der Waals surface area contributed by atoms with Gasteiger partial charge in [-0.25, -0.2) is 0 Å². The second-order valence-electron chi connectivity index (χ2n) is 3.33. The van der Waals surface area contributed by atoms with Gasteiger partial charge in [0, 0.05) is 5.56 Å². The third-order valence-corrected chi connectivity index (χ3v) is 1.94. The molecule has 13 heavy (non-hydrogen) atoms. The number of aromatic hydroxyl groups is 1. The van der Waals surface area contributed by atoms with Crippen molar-refractivity contribution in [2.24, 2.45) is 5.73 Å². The van der Waals surface area contributed by atoms with Gasteiger partial charge in [0.05, 0.1) is 6.07 Å². The number of phenols is 1. The molecule has 1 atom stereocenters. The quantitative estimate of drug-likeness (QED) is 0.679. The third-order valence-electron chi connectivity index (χ3n) is 1.94. The summed E-state index contributed by atoms with van der Waals surface area (Å²) in [5, 5.41) is 18.3. The molecular formula is C10H12N2O. The van der Waals surface area contributed by atoms with Gasteiger partial charge in [0.1, 0.15) is 11.3 Å². The Hall–Kier alpha value is -1.53. The molecule has 1 aromatic carbocycles. The van der Waals surface area contributed by atoms with Gasteiger partial charge in [0.15, 0.2) is 0 Å². The number of rotatable bonds is 1. The summed E-state index contributed by atoms with van der Waals surface area (Å²) < 4.78 is 0. The van der Waals surface area contributed by atoms with E-state index in [1.165, 1.54) is 0 Å². The molecule has 0 aliphatic carbocycles. The Labute approximate surface area is 77.4 Å². The average Bonchev–Trinajstić information content (AvgIpc) is 2.03. The standard InChI is InChI=1S/C10H12N2O/c1-7-3-4-8(9(13)5-7)10(2,12)6-11/h3-5,13H,12H2,1-2H3. The molecule has 0 saturated carbocycles. The molecular weight excluding hydrogens is 164 g/mol. The number of nitrogens with zero attached hydrogens (tertiary/aromatic N) is 1. The highest BCUT2D eigenvalue weighted by Gasteiger charge is 2.23. The molecule has 0 saturated heterocycles. The molecule has 0 aliphatic rings. The maximum Gasteiger partial charge on any atom is 0.130 e. The highest BCUT2D eigenvalue weighted by Crippen LogP contribution is 2.27. The van der Waals surface area contributed by atoms with Crippen LogP contribution in [0.1, 0.15) is 18.1 Å².